The van der Waals surface area contributed by atoms with Gasteiger partial charge in [-0.25, -0.2) is 18.4 Å². The summed E-state index contributed by atoms with van der Waals surface area (Å²) < 4.78 is 24.1. The number of benzene rings is 1. The maximum atomic E-state index is 13.4. The average Bonchev–Trinajstić information content (AvgIpc) is 3.31. The van der Waals surface area contributed by atoms with Gasteiger partial charge in [0.2, 0.25) is 11.6 Å². The lowest BCUT2D eigenvalue weighted by Crippen LogP contribution is -2.16. The summed E-state index contributed by atoms with van der Waals surface area (Å²) in [6, 6.07) is 4.03. The minimum atomic E-state index is -0.758. The second-order valence-electron chi connectivity index (χ2n) is 4.38. The quantitative estimate of drug-likeness (QED) is 0.587. The van der Waals surface area contributed by atoms with Crippen LogP contribution >= 0.6 is 15.9 Å². The Balaban J connectivity index is 0.00000137. The first-order chi connectivity index (χ1) is 13.1. The second kappa shape index (κ2) is 12.8. The van der Waals surface area contributed by atoms with Gasteiger partial charge in [-0.05, 0) is 44.4 Å². The van der Waals surface area contributed by atoms with Crippen molar-refractivity contribution in [1.82, 2.24) is 20.0 Å². The van der Waals surface area contributed by atoms with Crippen molar-refractivity contribution in [1.29, 1.82) is 0 Å². The Morgan fingerprint density at radius 3 is 2.50 bits per heavy atom. The van der Waals surface area contributed by atoms with E-state index < -0.39 is 11.6 Å². The SMILES string of the molecule is C.CC.CC.NCCNc1nonc1-c1noc(=O)n1-c1ccc(F)c(Br)c1. The standard InChI is InChI=1S/C12H10BrFN6O3.2C2H6.CH4/c13-7-5-6(1-2-8(7)14)20-11(19-22-12(20)21)9-10(16-4-3-15)18-23-17-9;2*1-2;/h1-2,5H,3-4,15H2,(H,16,18);2*1-2H3;1H4. The molecule has 0 aliphatic heterocycles. The summed E-state index contributed by atoms with van der Waals surface area (Å²) in [4.78, 5) is 12.0. The normalized spacial score (nSPS) is 9.39. The van der Waals surface area contributed by atoms with E-state index in [0.29, 0.717) is 18.8 Å². The van der Waals surface area contributed by atoms with E-state index in [1.54, 1.807) is 0 Å². The summed E-state index contributed by atoms with van der Waals surface area (Å²) in [7, 11) is 0. The van der Waals surface area contributed by atoms with E-state index in [1.807, 2.05) is 27.7 Å². The van der Waals surface area contributed by atoms with Gasteiger partial charge in [-0.15, -0.1) is 0 Å². The van der Waals surface area contributed by atoms with E-state index in [0.717, 1.165) is 4.57 Å². The number of aromatic nitrogens is 4. The molecule has 0 saturated carbocycles. The van der Waals surface area contributed by atoms with Gasteiger partial charge in [0, 0.05) is 13.1 Å². The Labute approximate surface area is 171 Å². The van der Waals surface area contributed by atoms with Gasteiger partial charge in [0.15, 0.2) is 5.69 Å². The maximum Gasteiger partial charge on any atom is 0.446 e. The number of rotatable bonds is 5. The lowest BCUT2D eigenvalue weighted by atomic mass is 10.3. The first kappa shape index (κ1) is 25.5. The van der Waals surface area contributed by atoms with E-state index in [4.69, 9.17) is 5.73 Å². The van der Waals surface area contributed by atoms with Crippen molar-refractivity contribution in [2.45, 2.75) is 35.1 Å². The van der Waals surface area contributed by atoms with Crippen molar-refractivity contribution in [3.05, 3.63) is 39.0 Å². The lowest BCUT2D eigenvalue weighted by molar-refractivity contribution is 0.309. The highest BCUT2D eigenvalue weighted by Gasteiger charge is 2.22. The van der Waals surface area contributed by atoms with Crippen LogP contribution in [-0.2, 0) is 0 Å². The molecule has 2 heterocycles. The average molecular weight is 461 g/mol. The molecule has 0 spiro atoms. The maximum absolute atomic E-state index is 13.4. The first-order valence-corrected chi connectivity index (χ1v) is 9.22. The Hall–Kier alpha value is -2.53. The molecule has 156 valence electrons. The number of halogens is 2. The van der Waals surface area contributed by atoms with Crippen LogP contribution < -0.4 is 16.8 Å². The van der Waals surface area contributed by atoms with E-state index >= 15 is 0 Å². The van der Waals surface area contributed by atoms with Gasteiger partial charge in [-0.1, -0.05) is 40.3 Å². The van der Waals surface area contributed by atoms with Crippen molar-refractivity contribution >= 4 is 21.7 Å². The molecule has 3 aromatic rings. The zero-order valence-electron chi connectivity index (χ0n) is 15.5. The smallest absolute Gasteiger partial charge is 0.364 e. The summed E-state index contributed by atoms with van der Waals surface area (Å²) >= 11 is 3.06. The molecular formula is C17H26BrFN6O3. The molecule has 0 unspecified atom stereocenters. The predicted molar refractivity (Wildman–Crippen MR) is 110 cm³/mol. The third-order valence-corrected chi connectivity index (χ3v) is 3.51. The molecule has 0 saturated heterocycles. The van der Waals surface area contributed by atoms with Crippen molar-refractivity contribution < 1.29 is 13.5 Å². The Morgan fingerprint density at radius 2 is 1.89 bits per heavy atom. The summed E-state index contributed by atoms with van der Waals surface area (Å²) in [6.07, 6.45) is 0. The third kappa shape index (κ3) is 5.73. The fourth-order valence-corrected chi connectivity index (χ4v) is 2.26. The monoisotopic (exact) mass is 460 g/mol. The molecule has 28 heavy (non-hydrogen) atoms. The molecule has 0 bridgehead atoms. The third-order valence-electron chi connectivity index (χ3n) is 2.90. The molecular weight excluding hydrogens is 435 g/mol. The minimum Gasteiger partial charge on any atom is -0.364 e. The largest absolute Gasteiger partial charge is 0.446 e. The van der Waals surface area contributed by atoms with Crippen LogP contribution in [0.5, 0.6) is 0 Å². The van der Waals surface area contributed by atoms with Gasteiger partial charge in [-0.3, -0.25) is 4.52 Å². The van der Waals surface area contributed by atoms with Crippen LogP contribution in [-0.4, -0.2) is 33.1 Å². The first-order valence-electron chi connectivity index (χ1n) is 8.43. The zero-order chi connectivity index (χ0) is 20.4. The fraction of sp³-hybridized carbons (Fsp3) is 0.412. The van der Waals surface area contributed by atoms with Crippen molar-refractivity contribution in [2.24, 2.45) is 5.73 Å². The Kier molecular flexibility index (Phi) is 11.6. The van der Waals surface area contributed by atoms with E-state index in [2.05, 4.69) is 45.9 Å². The van der Waals surface area contributed by atoms with Gasteiger partial charge >= 0.3 is 5.76 Å². The van der Waals surface area contributed by atoms with Crippen LogP contribution in [0.3, 0.4) is 0 Å². The highest BCUT2D eigenvalue weighted by molar-refractivity contribution is 9.10. The molecule has 0 radical (unpaired) electrons. The number of nitrogens with one attached hydrogen (secondary N) is 1. The topological polar surface area (TPSA) is 125 Å². The number of anilines is 1. The predicted octanol–water partition coefficient (Wildman–Crippen LogP) is 3.84. The summed E-state index contributed by atoms with van der Waals surface area (Å²) in [6.45, 7) is 8.79. The Morgan fingerprint density at radius 1 is 1.21 bits per heavy atom. The van der Waals surface area contributed by atoms with Crippen LogP contribution in [0.2, 0.25) is 0 Å². The molecule has 0 amide bonds. The number of nitrogens with two attached hydrogens (primary N) is 1. The zero-order valence-corrected chi connectivity index (χ0v) is 17.1. The summed E-state index contributed by atoms with van der Waals surface area (Å²) in [5.74, 6) is -0.896. The van der Waals surface area contributed by atoms with Gasteiger partial charge < -0.3 is 11.1 Å². The summed E-state index contributed by atoms with van der Waals surface area (Å²) in [5, 5.41) is 14.0. The van der Waals surface area contributed by atoms with E-state index in [-0.39, 0.29) is 29.2 Å². The van der Waals surface area contributed by atoms with Crippen LogP contribution in [0.4, 0.5) is 10.2 Å². The number of hydrogen-bond donors (Lipinski definition) is 2. The minimum absolute atomic E-state index is 0. The molecule has 0 aliphatic carbocycles. The Bertz CT molecular complexity index is 893. The van der Waals surface area contributed by atoms with E-state index in [9.17, 15) is 9.18 Å². The molecule has 0 fully saturated rings. The van der Waals surface area contributed by atoms with Gasteiger partial charge in [0.05, 0.1) is 10.2 Å². The summed E-state index contributed by atoms with van der Waals surface area (Å²) in [5.41, 5.74) is 5.93. The molecule has 2 aromatic heterocycles. The highest BCUT2D eigenvalue weighted by Crippen LogP contribution is 2.25. The lowest BCUT2D eigenvalue weighted by Gasteiger charge is -2.05. The van der Waals surface area contributed by atoms with Gasteiger partial charge in [0.1, 0.15) is 5.82 Å². The van der Waals surface area contributed by atoms with E-state index in [1.165, 1.54) is 18.2 Å². The number of hydrogen-bond acceptors (Lipinski definition) is 8. The van der Waals surface area contributed by atoms with Crippen LogP contribution in [0.15, 0.2) is 36.6 Å². The van der Waals surface area contributed by atoms with Gasteiger partial charge in [-0.2, -0.15) is 0 Å². The number of nitrogens with zero attached hydrogens (tertiary/aromatic N) is 4. The second-order valence-corrected chi connectivity index (χ2v) is 5.24. The molecule has 0 atom stereocenters. The van der Waals surface area contributed by atoms with Crippen LogP contribution in [0.1, 0.15) is 35.1 Å². The van der Waals surface area contributed by atoms with Crippen molar-refractivity contribution in [3.63, 3.8) is 0 Å². The van der Waals surface area contributed by atoms with Crippen LogP contribution in [0, 0.1) is 5.82 Å². The fourth-order valence-electron chi connectivity index (χ4n) is 1.89. The van der Waals surface area contributed by atoms with Gasteiger partial charge in [0.25, 0.3) is 0 Å². The van der Waals surface area contributed by atoms with Crippen LogP contribution in [0.25, 0.3) is 17.2 Å². The molecule has 0 aliphatic rings. The molecule has 11 heteroatoms. The molecule has 1 aromatic carbocycles. The molecule has 3 rings (SSSR count). The van der Waals surface area contributed by atoms with Crippen molar-refractivity contribution in [3.8, 4) is 17.2 Å². The van der Waals surface area contributed by atoms with Crippen molar-refractivity contribution in [2.75, 3.05) is 18.4 Å². The highest BCUT2D eigenvalue weighted by atomic mass is 79.9. The molecule has 3 N–H and O–H groups in total. The molecule has 9 nitrogen and oxygen atoms in total.